The van der Waals surface area contributed by atoms with Crippen LogP contribution < -0.4 is 0 Å². The highest BCUT2D eigenvalue weighted by atomic mass is 19.3. The van der Waals surface area contributed by atoms with Crippen molar-refractivity contribution in [3.63, 3.8) is 0 Å². The molecule has 0 aliphatic carbocycles. The molecule has 0 unspecified atom stereocenters. The normalized spacial score (nSPS) is 11.2. The van der Waals surface area contributed by atoms with Crippen molar-refractivity contribution in [3.8, 4) is 0 Å². The Morgan fingerprint density at radius 1 is 1.50 bits per heavy atom. The van der Waals surface area contributed by atoms with Crippen molar-refractivity contribution in [2.45, 2.75) is 20.0 Å². The van der Waals surface area contributed by atoms with Crippen LogP contribution in [-0.4, -0.2) is 35.2 Å². The number of nitrogens with zero attached hydrogens (tertiary/aromatic N) is 2. The molecule has 20 heavy (non-hydrogen) atoms. The zero-order valence-corrected chi connectivity index (χ0v) is 10.9. The van der Waals surface area contributed by atoms with E-state index in [-0.39, 0.29) is 13.2 Å². The van der Waals surface area contributed by atoms with Gasteiger partial charge in [0.25, 0.3) is 6.43 Å². The lowest BCUT2D eigenvalue weighted by molar-refractivity contribution is 0.00988. The monoisotopic (exact) mass is 284 g/mol. The summed E-state index contributed by atoms with van der Waals surface area (Å²) in [7, 11) is 0. The lowest BCUT2D eigenvalue weighted by atomic mass is 10.2. The van der Waals surface area contributed by atoms with E-state index in [1.165, 1.54) is 10.7 Å². The summed E-state index contributed by atoms with van der Waals surface area (Å²) >= 11 is 0. The number of fused-ring (bicyclic) bond motifs is 1. The zero-order chi connectivity index (χ0) is 14.5. The van der Waals surface area contributed by atoms with Gasteiger partial charge >= 0.3 is 5.97 Å². The maximum atomic E-state index is 12.0. The van der Waals surface area contributed by atoms with Gasteiger partial charge in [0.1, 0.15) is 12.2 Å². The van der Waals surface area contributed by atoms with Crippen molar-refractivity contribution >= 4 is 11.5 Å². The molecule has 0 amide bonds. The number of hydrogen-bond donors (Lipinski definition) is 0. The van der Waals surface area contributed by atoms with Crippen LogP contribution in [0, 0.1) is 0 Å². The molecule has 0 saturated heterocycles. The molecular formula is C13H14F2N2O3. The molecule has 5 nitrogen and oxygen atoms in total. The molecule has 0 aromatic carbocycles. The lowest BCUT2D eigenvalue weighted by Gasteiger charge is -2.05. The van der Waals surface area contributed by atoms with Crippen molar-refractivity contribution in [1.29, 1.82) is 0 Å². The molecule has 2 aromatic heterocycles. The third-order valence-electron chi connectivity index (χ3n) is 2.59. The summed E-state index contributed by atoms with van der Waals surface area (Å²) in [6.45, 7) is 1.42. The van der Waals surface area contributed by atoms with Gasteiger partial charge in [-0.2, -0.15) is 5.10 Å². The van der Waals surface area contributed by atoms with Crippen LogP contribution in [0.3, 0.4) is 0 Å². The second kappa shape index (κ2) is 6.42. The molecule has 2 heterocycles. The molecule has 2 aromatic rings. The summed E-state index contributed by atoms with van der Waals surface area (Å²) in [6, 6.07) is 3.37. The van der Waals surface area contributed by atoms with Crippen molar-refractivity contribution in [3.05, 3.63) is 35.7 Å². The minimum atomic E-state index is -2.50. The number of carbonyl (C=O) groups excluding carboxylic acids is 1. The molecule has 7 heteroatoms. The van der Waals surface area contributed by atoms with Crippen molar-refractivity contribution < 1.29 is 23.0 Å². The van der Waals surface area contributed by atoms with Gasteiger partial charge in [0.2, 0.25) is 0 Å². The number of ether oxygens (including phenoxy) is 2. The Bertz CT molecular complexity index is 598. The van der Waals surface area contributed by atoms with Crippen LogP contribution in [-0.2, 0) is 16.1 Å². The van der Waals surface area contributed by atoms with Gasteiger partial charge < -0.3 is 9.47 Å². The summed E-state index contributed by atoms with van der Waals surface area (Å²) < 4.78 is 35.3. The van der Waals surface area contributed by atoms with Crippen LogP contribution in [0.5, 0.6) is 0 Å². The first-order valence-electron chi connectivity index (χ1n) is 6.11. The van der Waals surface area contributed by atoms with Gasteiger partial charge in [-0.15, -0.1) is 0 Å². The average molecular weight is 284 g/mol. The van der Waals surface area contributed by atoms with Crippen LogP contribution in [0.15, 0.2) is 24.5 Å². The Hall–Kier alpha value is -2.02. The predicted octanol–water partition coefficient (Wildman–Crippen LogP) is 2.29. The van der Waals surface area contributed by atoms with Gasteiger partial charge in [-0.1, -0.05) is 0 Å². The highest BCUT2D eigenvalue weighted by molar-refractivity contribution is 5.96. The van der Waals surface area contributed by atoms with Gasteiger partial charge in [0, 0.05) is 6.20 Å². The van der Waals surface area contributed by atoms with E-state index in [0.717, 1.165) is 0 Å². The standard InChI is InChI=1S/C13H14F2N2O3/c1-2-20-13(18)10-6-16-17-4-3-9(5-11(10)17)7-19-8-12(14)15/h3-6,12H,2,7-8H2,1H3. The number of hydrogen-bond acceptors (Lipinski definition) is 4. The number of esters is 1. The number of halogens is 2. The van der Waals surface area contributed by atoms with E-state index < -0.39 is 19.0 Å². The van der Waals surface area contributed by atoms with Gasteiger partial charge in [0.15, 0.2) is 0 Å². The van der Waals surface area contributed by atoms with E-state index in [2.05, 4.69) is 5.10 Å². The number of alkyl halides is 2. The average Bonchev–Trinajstić information content (AvgIpc) is 2.81. The first kappa shape index (κ1) is 14.4. The minimum absolute atomic E-state index is 0.0499. The van der Waals surface area contributed by atoms with Gasteiger partial charge in [-0.05, 0) is 24.6 Å². The summed E-state index contributed by atoms with van der Waals surface area (Å²) in [4.78, 5) is 11.7. The zero-order valence-electron chi connectivity index (χ0n) is 10.9. The topological polar surface area (TPSA) is 52.8 Å². The van der Waals surface area contributed by atoms with E-state index in [0.29, 0.717) is 16.6 Å². The van der Waals surface area contributed by atoms with E-state index >= 15 is 0 Å². The first-order valence-corrected chi connectivity index (χ1v) is 6.11. The number of carbonyl (C=O) groups is 1. The molecule has 0 fully saturated rings. The maximum Gasteiger partial charge on any atom is 0.341 e. The molecule has 0 atom stereocenters. The molecule has 0 saturated carbocycles. The van der Waals surface area contributed by atoms with Crippen molar-refractivity contribution in [1.82, 2.24) is 9.61 Å². The Balaban J connectivity index is 2.18. The number of aromatic nitrogens is 2. The molecule has 0 N–H and O–H groups in total. The molecule has 0 aliphatic heterocycles. The Morgan fingerprint density at radius 3 is 3.00 bits per heavy atom. The molecule has 2 rings (SSSR count). The third kappa shape index (κ3) is 3.30. The van der Waals surface area contributed by atoms with E-state index in [9.17, 15) is 13.6 Å². The van der Waals surface area contributed by atoms with E-state index in [1.54, 1.807) is 25.3 Å². The van der Waals surface area contributed by atoms with E-state index in [1.807, 2.05) is 0 Å². The summed E-state index contributed by atoms with van der Waals surface area (Å²) in [5.74, 6) is -0.465. The van der Waals surface area contributed by atoms with Gasteiger partial charge in [0.05, 0.1) is 24.9 Å². The highest BCUT2D eigenvalue weighted by Gasteiger charge is 2.14. The van der Waals surface area contributed by atoms with E-state index in [4.69, 9.17) is 9.47 Å². The summed E-state index contributed by atoms with van der Waals surface area (Å²) in [5.41, 5.74) is 1.58. The first-order chi connectivity index (χ1) is 9.61. The highest BCUT2D eigenvalue weighted by Crippen LogP contribution is 2.15. The van der Waals surface area contributed by atoms with Crippen LogP contribution in [0.2, 0.25) is 0 Å². The lowest BCUT2D eigenvalue weighted by Crippen LogP contribution is -2.06. The SMILES string of the molecule is CCOC(=O)c1cnn2ccc(COCC(F)F)cc12. The summed E-state index contributed by atoms with van der Waals surface area (Å²) in [5, 5.41) is 4.03. The van der Waals surface area contributed by atoms with Crippen molar-refractivity contribution in [2.75, 3.05) is 13.2 Å². The molecule has 0 radical (unpaired) electrons. The Morgan fingerprint density at radius 2 is 2.30 bits per heavy atom. The fraction of sp³-hybridized carbons (Fsp3) is 0.385. The minimum Gasteiger partial charge on any atom is -0.462 e. The van der Waals surface area contributed by atoms with Crippen LogP contribution in [0.25, 0.3) is 5.52 Å². The Labute approximate surface area is 114 Å². The maximum absolute atomic E-state index is 12.0. The molecule has 0 bridgehead atoms. The molecule has 0 spiro atoms. The van der Waals surface area contributed by atoms with Crippen LogP contribution >= 0.6 is 0 Å². The van der Waals surface area contributed by atoms with Gasteiger partial charge in [-0.3, -0.25) is 0 Å². The van der Waals surface area contributed by atoms with Gasteiger partial charge in [-0.25, -0.2) is 18.1 Å². The quantitative estimate of drug-likeness (QED) is 0.764. The third-order valence-corrected chi connectivity index (χ3v) is 2.59. The number of rotatable bonds is 6. The Kier molecular flexibility index (Phi) is 4.62. The second-order valence-corrected chi connectivity index (χ2v) is 4.05. The molecular weight excluding hydrogens is 270 g/mol. The number of pyridine rings is 1. The predicted molar refractivity (Wildman–Crippen MR) is 66.8 cm³/mol. The smallest absolute Gasteiger partial charge is 0.341 e. The molecule has 108 valence electrons. The fourth-order valence-electron chi connectivity index (χ4n) is 1.75. The van der Waals surface area contributed by atoms with Crippen LogP contribution in [0.4, 0.5) is 8.78 Å². The second-order valence-electron chi connectivity index (χ2n) is 4.05. The fourth-order valence-corrected chi connectivity index (χ4v) is 1.75. The van der Waals surface area contributed by atoms with Crippen LogP contribution in [0.1, 0.15) is 22.8 Å². The largest absolute Gasteiger partial charge is 0.462 e. The summed E-state index contributed by atoms with van der Waals surface area (Å²) in [6.07, 6.45) is 0.555. The molecule has 0 aliphatic rings. The van der Waals surface area contributed by atoms with Crippen molar-refractivity contribution in [2.24, 2.45) is 0 Å².